The first-order valence-electron chi connectivity index (χ1n) is 7.16. The zero-order valence-electron chi connectivity index (χ0n) is 12.8. The van der Waals surface area contributed by atoms with E-state index in [1.165, 1.54) is 0 Å². The van der Waals surface area contributed by atoms with Gasteiger partial charge in [-0.05, 0) is 18.3 Å². The molecule has 5 nitrogen and oxygen atoms in total. The summed E-state index contributed by atoms with van der Waals surface area (Å²) in [6.45, 7) is 9.93. The van der Waals surface area contributed by atoms with Crippen LogP contribution < -0.4 is 10.2 Å². The summed E-state index contributed by atoms with van der Waals surface area (Å²) < 4.78 is 0. The van der Waals surface area contributed by atoms with Crippen LogP contribution in [0.5, 0.6) is 0 Å². The summed E-state index contributed by atoms with van der Waals surface area (Å²) in [5, 5.41) is 2.97. The highest BCUT2D eigenvalue weighted by molar-refractivity contribution is 5.73. The molecule has 1 unspecified atom stereocenters. The quantitative estimate of drug-likeness (QED) is 0.914. The molecule has 0 radical (unpaired) electrons. The summed E-state index contributed by atoms with van der Waals surface area (Å²) in [4.78, 5) is 22.0. The molecule has 5 heteroatoms. The van der Waals surface area contributed by atoms with Gasteiger partial charge in [0, 0.05) is 37.8 Å². The van der Waals surface area contributed by atoms with E-state index < -0.39 is 0 Å². The third kappa shape index (κ3) is 4.18. The number of nitrogens with one attached hydrogen (secondary N) is 1. The molecule has 1 aliphatic heterocycles. The van der Waals surface area contributed by atoms with E-state index in [0.29, 0.717) is 0 Å². The van der Waals surface area contributed by atoms with Crippen LogP contribution in [0.3, 0.4) is 0 Å². The zero-order chi connectivity index (χ0) is 14.8. The Morgan fingerprint density at radius 3 is 2.85 bits per heavy atom. The predicted molar refractivity (Wildman–Crippen MR) is 79.6 cm³/mol. The molecular formula is C15H24N4O. The first kappa shape index (κ1) is 14.8. The Balaban J connectivity index is 2.03. The van der Waals surface area contributed by atoms with Gasteiger partial charge in [-0.15, -0.1) is 0 Å². The Labute approximate surface area is 120 Å². The van der Waals surface area contributed by atoms with Crippen LogP contribution in [-0.2, 0) is 11.2 Å². The number of carbonyl (C=O) groups excluding carboxylic acids is 1. The van der Waals surface area contributed by atoms with Gasteiger partial charge in [0.05, 0.1) is 0 Å². The highest BCUT2D eigenvalue weighted by Gasteiger charge is 2.24. The largest absolute Gasteiger partial charge is 0.354 e. The molecule has 1 fully saturated rings. The molecule has 0 bridgehead atoms. The van der Waals surface area contributed by atoms with E-state index in [-0.39, 0.29) is 17.4 Å². The van der Waals surface area contributed by atoms with Crippen LogP contribution in [0.15, 0.2) is 12.4 Å². The van der Waals surface area contributed by atoms with Crippen molar-refractivity contribution >= 4 is 11.7 Å². The van der Waals surface area contributed by atoms with Crippen LogP contribution in [0.2, 0.25) is 0 Å². The number of aromatic nitrogens is 2. The predicted octanol–water partition coefficient (Wildman–Crippen LogP) is 1.78. The first-order chi connectivity index (χ1) is 9.33. The van der Waals surface area contributed by atoms with Crippen molar-refractivity contribution < 1.29 is 4.79 Å². The van der Waals surface area contributed by atoms with Crippen LogP contribution in [0.25, 0.3) is 0 Å². The summed E-state index contributed by atoms with van der Waals surface area (Å²) in [6.07, 6.45) is 3.55. The number of nitrogens with zero attached hydrogens (tertiary/aromatic N) is 3. The van der Waals surface area contributed by atoms with Gasteiger partial charge in [0.2, 0.25) is 5.91 Å². The molecule has 1 atom stereocenters. The normalized spacial score (nSPS) is 19.2. The molecule has 1 aromatic rings. The first-order valence-corrected chi connectivity index (χ1v) is 7.16. The monoisotopic (exact) mass is 276 g/mol. The molecule has 2 rings (SSSR count). The van der Waals surface area contributed by atoms with Gasteiger partial charge in [0.25, 0.3) is 0 Å². The summed E-state index contributed by atoms with van der Waals surface area (Å²) >= 11 is 0. The fraction of sp³-hybridized carbons (Fsp3) is 0.667. The molecule has 0 spiro atoms. The summed E-state index contributed by atoms with van der Waals surface area (Å²) in [5.74, 6) is 1.00. The van der Waals surface area contributed by atoms with E-state index in [1.54, 1.807) is 13.3 Å². The van der Waals surface area contributed by atoms with Crippen molar-refractivity contribution in [3.8, 4) is 0 Å². The Hall–Kier alpha value is -1.65. The number of amides is 1. The number of hydrogen-bond donors (Lipinski definition) is 1. The summed E-state index contributed by atoms with van der Waals surface area (Å²) in [5.41, 5.74) is 1.29. The standard InChI is InChI=1S/C15H24N4O/c1-11(20)18-12-5-6-19(9-12)14-7-13(16-10-17-14)8-15(2,3)4/h7,10,12H,5-6,8-9H2,1-4H3,(H,18,20). The van der Waals surface area contributed by atoms with Gasteiger partial charge in [0.15, 0.2) is 0 Å². The minimum atomic E-state index is 0.0351. The number of anilines is 1. The second-order valence-corrected chi connectivity index (χ2v) is 6.74. The van der Waals surface area contributed by atoms with Crippen molar-refractivity contribution in [2.24, 2.45) is 5.41 Å². The van der Waals surface area contributed by atoms with Gasteiger partial charge >= 0.3 is 0 Å². The minimum Gasteiger partial charge on any atom is -0.354 e. The topological polar surface area (TPSA) is 58.1 Å². The van der Waals surface area contributed by atoms with Crippen molar-refractivity contribution in [1.29, 1.82) is 0 Å². The summed E-state index contributed by atoms with van der Waals surface area (Å²) in [6, 6.07) is 2.30. The molecular weight excluding hydrogens is 252 g/mol. The van der Waals surface area contributed by atoms with Crippen molar-refractivity contribution in [2.45, 2.75) is 46.6 Å². The van der Waals surface area contributed by atoms with E-state index in [1.807, 2.05) is 0 Å². The van der Waals surface area contributed by atoms with Gasteiger partial charge in [-0.25, -0.2) is 9.97 Å². The van der Waals surface area contributed by atoms with Gasteiger partial charge in [-0.2, -0.15) is 0 Å². The van der Waals surface area contributed by atoms with Crippen molar-refractivity contribution in [3.63, 3.8) is 0 Å². The third-order valence-corrected chi connectivity index (χ3v) is 3.34. The Kier molecular flexibility index (Phi) is 4.26. The molecule has 1 N–H and O–H groups in total. The Morgan fingerprint density at radius 2 is 2.20 bits per heavy atom. The maximum absolute atomic E-state index is 11.1. The highest BCUT2D eigenvalue weighted by Crippen LogP contribution is 2.23. The molecule has 0 saturated carbocycles. The van der Waals surface area contributed by atoms with E-state index in [4.69, 9.17) is 0 Å². The lowest BCUT2D eigenvalue weighted by Crippen LogP contribution is -2.35. The molecule has 110 valence electrons. The molecule has 2 heterocycles. The maximum Gasteiger partial charge on any atom is 0.217 e. The maximum atomic E-state index is 11.1. The molecule has 1 amide bonds. The van der Waals surface area contributed by atoms with E-state index in [0.717, 1.165) is 37.4 Å². The molecule has 0 aromatic carbocycles. The SMILES string of the molecule is CC(=O)NC1CCN(c2cc(CC(C)(C)C)ncn2)C1. The van der Waals surface area contributed by atoms with Gasteiger partial charge < -0.3 is 10.2 Å². The van der Waals surface area contributed by atoms with Crippen molar-refractivity contribution in [1.82, 2.24) is 15.3 Å². The molecule has 1 aromatic heterocycles. The van der Waals surface area contributed by atoms with E-state index in [2.05, 4.69) is 47.0 Å². The molecule has 1 aliphatic rings. The lowest BCUT2D eigenvalue weighted by Gasteiger charge is -2.20. The van der Waals surface area contributed by atoms with Gasteiger partial charge in [0.1, 0.15) is 12.1 Å². The van der Waals surface area contributed by atoms with Crippen LogP contribution in [0.1, 0.15) is 39.8 Å². The second kappa shape index (κ2) is 5.77. The second-order valence-electron chi connectivity index (χ2n) is 6.74. The Bertz CT molecular complexity index is 481. The fourth-order valence-electron chi connectivity index (χ4n) is 2.57. The third-order valence-electron chi connectivity index (χ3n) is 3.34. The zero-order valence-corrected chi connectivity index (χ0v) is 12.8. The fourth-order valence-corrected chi connectivity index (χ4v) is 2.57. The smallest absolute Gasteiger partial charge is 0.217 e. The molecule has 1 saturated heterocycles. The van der Waals surface area contributed by atoms with Crippen LogP contribution in [0, 0.1) is 5.41 Å². The van der Waals surface area contributed by atoms with Crippen molar-refractivity contribution in [3.05, 3.63) is 18.1 Å². The Morgan fingerprint density at radius 1 is 1.45 bits per heavy atom. The lowest BCUT2D eigenvalue weighted by atomic mass is 9.90. The van der Waals surface area contributed by atoms with Gasteiger partial charge in [-0.3, -0.25) is 4.79 Å². The molecule has 20 heavy (non-hydrogen) atoms. The van der Waals surface area contributed by atoms with Crippen LogP contribution >= 0.6 is 0 Å². The average molecular weight is 276 g/mol. The number of carbonyl (C=O) groups is 1. The van der Waals surface area contributed by atoms with Gasteiger partial charge in [-0.1, -0.05) is 20.8 Å². The average Bonchev–Trinajstić information content (AvgIpc) is 2.74. The number of hydrogen-bond acceptors (Lipinski definition) is 4. The highest BCUT2D eigenvalue weighted by atomic mass is 16.1. The molecule has 0 aliphatic carbocycles. The summed E-state index contributed by atoms with van der Waals surface area (Å²) in [7, 11) is 0. The van der Waals surface area contributed by atoms with E-state index in [9.17, 15) is 4.79 Å². The van der Waals surface area contributed by atoms with Crippen molar-refractivity contribution in [2.75, 3.05) is 18.0 Å². The minimum absolute atomic E-state index is 0.0351. The van der Waals surface area contributed by atoms with Crippen LogP contribution in [-0.4, -0.2) is 35.0 Å². The van der Waals surface area contributed by atoms with Crippen LogP contribution in [0.4, 0.5) is 5.82 Å². The number of rotatable bonds is 3. The van der Waals surface area contributed by atoms with E-state index >= 15 is 0 Å². The lowest BCUT2D eigenvalue weighted by molar-refractivity contribution is -0.119.